The van der Waals surface area contributed by atoms with Crippen molar-refractivity contribution in [1.29, 1.82) is 0 Å². The Morgan fingerprint density at radius 1 is 1.40 bits per heavy atom. The van der Waals surface area contributed by atoms with Gasteiger partial charge in [-0.25, -0.2) is 0 Å². The first-order chi connectivity index (χ1) is 1.73. The average molecular weight is 102 g/mol. The summed E-state index contributed by atoms with van der Waals surface area (Å²) in [5.41, 5.74) is 0. The summed E-state index contributed by atoms with van der Waals surface area (Å²) in [4.78, 5) is 0. The maximum atomic E-state index is 8.67. The predicted molar refractivity (Wildman–Crippen MR) is 15.9 cm³/mol. The summed E-state index contributed by atoms with van der Waals surface area (Å²) in [5, 5.41) is 0. The van der Waals surface area contributed by atoms with E-state index in [-0.39, 0.29) is 4.70 Å². The second kappa shape index (κ2) is 4.00. The van der Waals surface area contributed by atoms with Gasteiger partial charge >= 0.3 is 0 Å². The van der Waals surface area contributed by atoms with Crippen LogP contribution >= 0.6 is 0 Å². The van der Waals surface area contributed by atoms with E-state index >= 15 is 0 Å². The minimum atomic E-state index is -2.61. The monoisotopic (exact) mass is 102 g/mol. The Balaban J connectivity index is 0. The van der Waals surface area contributed by atoms with Crippen LogP contribution in [0.2, 0.25) is 0 Å². The normalized spacial score (nSPS) is 7.00. The summed E-state index contributed by atoms with van der Waals surface area (Å²) >= 11 is -2.61. The van der Waals surface area contributed by atoms with E-state index in [9.17, 15) is 0 Å². The zero-order valence-electron chi connectivity index (χ0n) is 2.12. The summed E-state index contributed by atoms with van der Waals surface area (Å²) < 4.78 is 22.8. The lowest BCUT2D eigenvalue weighted by Gasteiger charge is -1.59. The van der Waals surface area contributed by atoms with E-state index in [4.69, 9.17) is 13.3 Å². The van der Waals surface area contributed by atoms with Gasteiger partial charge in [0.2, 0.25) is 0 Å². The van der Waals surface area contributed by atoms with Gasteiger partial charge in [0.1, 0.15) is 0 Å². The molecule has 3 nitrogen and oxygen atoms in total. The molecule has 0 radical (unpaired) electrons. The third-order valence-electron chi connectivity index (χ3n) is 0. The highest BCUT2D eigenvalue weighted by molar-refractivity contribution is 7.73. The van der Waals surface area contributed by atoms with E-state index in [2.05, 4.69) is 0 Å². The van der Waals surface area contributed by atoms with Crippen molar-refractivity contribution in [2.45, 2.75) is 0 Å². The van der Waals surface area contributed by atoms with Crippen LogP contribution in [-0.4, -0.2) is 13.3 Å². The van der Waals surface area contributed by atoms with Gasteiger partial charge in [-0.2, -0.15) is 4.21 Å². The topological polar surface area (TPSA) is 57.5 Å². The van der Waals surface area contributed by atoms with Crippen molar-refractivity contribution in [1.82, 2.24) is 0 Å². The molecule has 0 amide bonds. The molecular formula is H3FO3S. The van der Waals surface area contributed by atoms with Gasteiger partial charge in [-0.05, 0) is 0 Å². The van der Waals surface area contributed by atoms with Crippen LogP contribution in [0.3, 0.4) is 0 Å². The molecule has 2 N–H and O–H groups in total. The van der Waals surface area contributed by atoms with Gasteiger partial charge < -0.3 is 0 Å². The first-order valence-corrected chi connectivity index (χ1v) is 1.60. The van der Waals surface area contributed by atoms with Gasteiger partial charge in [0.05, 0.1) is 0 Å². The van der Waals surface area contributed by atoms with Crippen LogP contribution in [0.1, 0.15) is 0 Å². The van der Waals surface area contributed by atoms with Gasteiger partial charge in [-0.15, -0.1) is 0 Å². The lowest BCUT2D eigenvalue weighted by Crippen LogP contribution is -1.74. The minimum absolute atomic E-state index is 0. The molecule has 0 heterocycles. The van der Waals surface area contributed by atoms with Crippen molar-refractivity contribution in [2.75, 3.05) is 0 Å². The van der Waals surface area contributed by atoms with Crippen molar-refractivity contribution in [3.63, 3.8) is 0 Å². The van der Waals surface area contributed by atoms with Gasteiger partial charge in [0.15, 0.2) is 0 Å². The van der Waals surface area contributed by atoms with E-state index < -0.39 is 11.4 Å². The van der Waals surface area contributed by atoms with Crippen LogP contribution in [0.15, 0.2) is 0 Å². The second-order valence-electron chi connectivity index (χ2n) is 0.231. The first kappa shape index (κ1) is 8.89. The SMILES string of the molecule is F.O=S(O)O. The highest BCUT2D eigenvalue weighted by atomic mass is 32.2. The molecule has 0 saturated heterocycles. The Kier molecular flexibility index (Phi) is 7.11. The van der Waals surface area contributed by atoms with Crippen LogP contribution in [-0.2, 0) is 11.4 Å². The highest BCUT2D eigenvalue weighted by Gasteiger charge is 1.62. The fraction of sp³-hybridized carbons (Fsp3) is 0. The van der Waals surface area contributed by atoms with Gasteiger partial charge in [0, 0.05) is 0 Å². The van der Waals surface area contributed by atoms with E-state index in [1.165, 1.54) is 0 Å². The minimum Gasteiger partial charge on any atom is -0.284 e. The molecule has 0 aliphatic carbocycles. The molecule has 0 aromatic carbocycles. The molecule has 0 saturated carbocycles. The highest BCUT2D eigenvalue weighted by Crippen LogP contribution is 1.44. The smallest absolute Gasteiger partial charge is 0.284 e. The van der Waals surface area contributed by atoms with Gasteiger partial charge in [-0.3, -0.25) is 13.8 Å². The molecule has 0 aliphatic rings. The molecule has 34 valence electrons. The third kappa shape index (κ3) is 9230000000000000298939827712163840. The fourth-order valence-corrected chi connectivity index (χ4v) is 0. The molecule has 0 atom stereocenters. The maximum Gasteiger partial charge on any atom is 0.299 e. The molecular weight excluding hydrogens is 99.1 g/mol. The van der Waals surface area contributed by atoms with Crippen LogP contribution in [0.5, 0.6) is 0 Å². The van der Waals surface area contributed by atoms with Gasteiger partial charge in [-0.1, -0.05) is 0 Å². The van der Waals surface area contributed by atoms with Crippen molar-refractivity contribution < 1.29 is 18.0 Å². The quantitative estimate of drug-likeness (QED) is 0.417. The van der Waals surface area contributed by atoms with Crippen molar-refractivity contribution in [2.24, 2.45) is 0 Å². The molecule has 0 aliphatic heterocycles. The van der Waals surface area contributed by atoms with E-state index in [0.29, 0.717) is 0 Å². The van der Waals surface area contributed by atoms with E-state index in [1.807, 2.05) is 0 Å². The van der Waals surface area contributed by atoms with Crippen LogP contribution in [0.4, 0.5) is 4.70 Å². The number of hydrogen-bond acceptors (Lipinski definition) is 1. The van der Waals surface area contributed by atoms with E-state index in [1.54, 1.807) is 0 Å². The standard InChI is InChI=1S/FH.H2O3S/c;1-4(2)3/h1H;(H2,1,2,3). The predicted octanol–water partition coefficient (Wildman–Crippen LogP) is -0.166. The molecule has 0 rings (SSSR count). The van der Waals surface area contributed by atoms with Crippen molar-refractivity contribution in [3.05, 3.63) is 0 Å². The lowest BCUT2D eigenvalue weighted by molar-refractivity contribution is 0.454. The fourth-order valence-electron chi connectivity index (χ4n) is 0. The Hall–Kier alpha value is -0.0000000000000000416. The summed E-state index contributed by atoms with van der Waals surface area (Å²) in [5.74, 6) is 0. The summed E-state index contributed by atoms with van der Waals surface area (Å²) in [6.45, 7) is 0. The Bertz CT molecular complexity index is 29.9. The molecule has 0 aromatic heterocycles. The Morgan fingerprint density at radius 3 is 1.40 bits per heavy atom. The Labute approximate surface area is 30.5 Å². The summed E-state index contributed by atoms with van der Waals surface area (Å²) in [6, 6.07) is 0. The van der Waals surface area contributed by atoms with Crippen LogP contribution < -0.4 is 0 Å². The molecule has 0 bridgehead atoms. The maximum absolute atomic E-state index is 8.67. The molecule has 0 unspecified atom stereocenters. The number of rotatable bonds is 0. The lowest BCUT2D eigenvalue weighted by atomic mass is 15.8. The zero-order valence-corrected chi connectivity index (χ0v) is 2.94. The molecule has 0 fully saturated rings. The van der Waals surface area contributed by atoms with E-state index in [0.717, 1.165) is 0 Å². The molecule has 0 spiro atoms. The third-order valence-corrected chi connectivity index (χ3v) is 0. The first-order valence-electron chi connectivity index (χ1n) is 0.532. The second-order valence-corrected chi connectivity index (χ2v) is 0.692. The summed E-state index contributed by atoms with van der Waals surface area (Å²) in [7, 11) is 0. The largest absolute Gasteiger partial charge is 0.299 e. The van der Waals surface area contributed by atoms with Gasteiger partial charge in [0.25, 0.3) is 11.4 Å². The Morgan fingerprint density at radius 2 is 1.40 bits per heavy atom. The van der Waals surface area contributed by atoms with Crippen LogP contribution in [0, 0.1) is 0 Å². The van der Waals surface area contributed by atoms with Crippen molar-refractivity contribution in [3.8, 4) is 0 Å². The molecule has 0 aromatic rings. The summed E-state index contributed by atoms with van der Waals surface area (Å²) in [6.07, 6.45) is 0. The number of halogens is 1. The average Bonchev–Trinajstić information content (AvgIpc) is 0.811. The van der Waals surface area contributed by atoms with Crippen LogP contribution in [0.25, 0.3) is 0 Å². The molecule has 5 heavy (non-hydrogen) atoms. The molecule has 5 heteroatoms. The zero-order chi connectivity index (χ0) is 3.58. The number of hydrogen-bond donors (Lipinski definition) is 2. The van der Waals surface area contributed by atoms with Crippen molar-refractivity contribution >= 4 is 11.4 Å².